The maximum atomic E-state index is 13.0. The third-order valence-corrected chi connectivity index (χ3v) is 9.96. The Hall–Kier alpha value is -4.05. The van der Waals surface area contributed by atoms with Crippen molar-refractivity contribution in [1.82, 2.24) is 38.8 Å². The lowest BCUT2D eigenvalue weighted by Crippen LogP contribution is -2.31. The van der Waals surface area contributed by atoms with Gasteiger partial charge in [0.05, 0.1) is 28.9 Å². The van der Waals surface area contributed by atoms with Crippen molar-refractivity contribution in [1.29, 1.82) is 0 Å². The number of hydrogen-bond donors (Lipinski definition) is 2. The average Bonchev–Trinajstić information content (AvgIpc) is 3.56. The van der Waals surface area contributed by atoms with Crippen LogP contribution in [0.3, 0.4) is 0 Å². The highest BCUT2D eigenvalue weighted by Gasteiger charge is 2.37. The summed E-state index contributed by atoms with van der Waals surface area (Å²) in [5.41, 5.74) is 2.11. The number of hydrogen-bond acceptors (Lipinski definition) is 10. The minimum atomic E-state index is -4.39. The summed E-state index contributed by atoms with van der Waals surface area (Å²) in [4.78, 5) is 15.5. The molecule has 2 aliphatic carbocycles. The van der Waals surface area contributed by atoms with Crippen molar-refractivity contribution < 1.29 is 21.6 Å². The molecule has 16 heteroatoms. The molecule has 0 radical (unpaired) electrons. The molecule has 0 atom stereocenters. The lowest BCUT2D eigenvalue weighted by molar-refractivity contribution is -0.142. The van der Waals surface area contributed by atoms with Crippen molar-refractivity contribution in [2.24, 2.45) is 5.92 Å². The van der Waals surface area contributed by atoms with Gasteiger partial charge in [-0.3, -0.25) is 4.68 Å². The van der Waals surface area contributed by atoms with E-state index in [2.05, 4.69) is 54.8 Å². The van der Waals surface area contributed by atoms with Crippen molar-refractivity contribution in [2.75, 3.05) is 31.3 Å². The molecule has 0 aliphatic heterocycles. The summed E-state index contributed by atoms with van der Waals surface area (Å²) in [6.07, 6.45) is 8.21. The fourth-order valence-electron chi connectivity index (χ4n) is 5.63. The summed E-state index contributed by atoms with van der Waals surface area (Å²) in [5.74, 6) is 1.78. The minimum Gasteiger partial charge on any atom is -0.382 e. The average molecular weight is 645 g/mol. The second kappa shape index (κ2) is 12.4. The van der Waals surface area contributed by atoms with E-state index in [0.717, 1.165) is 41.0 Å². The molecule has 0 spiro atoms. The first kappa shape index (κ1) is 31.0. The van der Waals surface area contributed by atoms with Gasteiger partial charge in [0, 0.05) is 48.5 Å². The standard InChI is InChI=1S/C29H35F3N10O2S/c1-40(2)16-19-3-5-21(6-4-19)36-25-13-27(34-15-23(25)24-10-12-41(39-24)18-29(30,31)32)37-26-9-11-33-28(38-26)20-14-35-42(17-20)45(43,44)22-7-8-22/h9-15,17,19,21-22H,3-8,16,18H2,1-2H3,(H2,33,34,36,37,38). The summed E-state index contributed by atoms with van der Waals surface area (Å²) in [5, 5.41) is 14.6. The van der Waals surface area contributed by atoms with Crippen LogP contribution in [0.15, 0.2) is 49.2 Å². The topological polar surface area (TPSA) is 136 Å². The Morgan fingerprint density at radius 1 is 1.02 bits per heavy atom. The zero-order valence-corrected chi connectivity index (χ0v) is 25.8. The van der Waals surface area contributed by atoms with Crippen LogP contribution in [-0.4, -0.2) is 85.3 Å². The first-order valence-corrected chi connectivity index (χ1v) is 16.3. The van der Waals surface area contributed by atoms with Crippen LogP contribution in [0.25, 0.3) is 22.6 Å². The zero-order chi connectivity index (χ0) is 31.8. The summed E-state index contributed by atoms with van der Waals surface area (Å²) < 4.78 is 65.9. The third-order valence-electron chi connectivity index (χ3n) is 7.93. The first-order chi connectivity index (χ1) is 21.4. The van der Waals surface area contributed by atoms with E-state index in [1.54, 1.807) is 30.6 Å². The van der Waals surface area contributed by atoms with Crippen molar-refractivity contribution >= 4 is 27.3 Å². The van der Waals surface area contributed by atoms with Gasteiger partial charge < -0.3 is 15.5 Å². The molecule has 4 aromatic rings. The van der Waals surface area contributed by atoms with Crippen molar-refractivity contribution in [3.8, 4) is 22.6 Å². The van der Waals surface area contributed by atoms with Gasteiger partial charge in [0.1, 0.15) is 18.2 Å². The second-order valence-corrected chi connectivity index (χ2v) is 14.1. The van der Waals surface area contributed by atoms with Crippen molar-refractivity contribution in [3.05, 3.63) is 49.2 Å². The van der Waals surface area contributed by atoms with E-state index in [0.29, 0.717) is 52.9 Å². The van der Waals surface area contributed by atoms with Crippen LogP contribution in [-0.2, 0) is 16.6 Å². The van der Waals surface area contributed by atoms with Gasteiger partial charge in [0.15, 0.2) is 5.82 Å². The van der Waals surface area contributed by atoms with Crippen LogP contribution >= 0.6 is 0 Å². The van der Waals surface area contributed by atoms with Gasteiger partial charge in [-0.1, -0.05) is 0 Å². The summed E-state index contributed by atoms with van der Waals surface area (Å²) >= 11 is 0. The third kappa shape index (κ3) is 7.61. The summed E-state index contributed by atoms with van der Waals surface area (Å²) in [7, 11) is 0.634. The molecule has 45 heavy (non-hydrogen) atoms. The highest BCUT2D eigenvalue weighted by Crippen LogP contribution is 2.34. The van der Waals surface area contributed by atoms with Crippen molar-refractivity contribution in [2.45, 2.75) is 62.5 Å². The van der Waals surface area contributed by atoms with Crippen LogP contribution in [0.2, 0.25) is 0 Å². The first-order valence-electron chi connectivity index (χ1n) is 14.8. The predicted molar refractivity (Wildman–Crippen MR) is 163 cm³/mol. The van der Waals surface area contributed by atoms with E-state index in [1.165, 1.54) is 18.6 Å². The molecular formula is C29H35F3N10O2S. The Labute approximate surface area is 259 Å². The van der Waals surface area contributed by atoms with E-state index in [4.69, 9.17) is 0 Å². The monoisotopic (exact) mass is 644 g/mol. The molecule has 0 unspecified atom stereocenters. The molecule has 2 saturated carbocycles. The lowest BCUT2D eigenvalue weighted by Gasteiger charge is -2.31. The Bertz CT molecular complexity index is 1740. The molecule has 6 rings (SSSR count). The number of alkyl halides is 3. The Kier molecular flexibility index (Phi) is 8.52. The molecule has 4 aromatic heterocycles. The minimum absolute atomic E-state index is 0.184. The normalized spacial score (nSPS) is 19.2. The molecule has 0 saturated heterocycles. The lowest BCUT2D eigenvalue weighted by atomic mass is 9.85. The SMILES string of the molecule is CN(C)CC1CCC(Nc2cc(Nc3ccnc(-c4cnn(S(=O)(=O)C5CC5)c4)n3)ncc2-c2ccn(CC(F)(F)F)n2)CC1. The second-order valence-electron chi connectivity index (χ2n) is 12.0. The Balaban J connectivity index is 1.23. The van der Waals surface area contributed by atoms with Gasteiger partial charge >= 0.3 is 6.18 Å². The highest BCUT2D eigenvalue weighted by molar-refractivity contribution is 7.90. The number of halogens is 3. The van der Waals surface area contributed by atoms with Crippen LogP contribution in [0.1, 0.15) is 38.5 Å². The van der Waals surface area contributed by atoms with E-state index in [9.17, 15) is 21.6 Å². The fourth-order valence-corrected chi connectivity index (χ4v) is 7.10. The number of rotatable bonds is 11. The quantitative estimate of drug-likeness (QED) is 0.235. The maximum absolute atomic E-state index is 13.0. The molecule has 0 bridgehead atoms. The number of nitrogens with zero attached hydrogens (tertiary/aromatic N) is 8. The Morgan fingerprint density at radius 3 is 2.51 bits per heavy atom. The van der Waals surface area contributed by atoms with Gasteiger partial charge in [-0.15, -0.1) is 0 Å². The van der Waals surface area contributed by atoms with E-state index in [1.807, 2.05) is 0 Å². The van der Waals surface area contributed by atoms with Gasteiger partial charge in [0.25, 0.3) is 10.0 Å². The van der Waals surface area contributed by atoms with Gasteiger partial charge in [-0.2, -0.15) is 27.5 Å². The van der Waals surface area contributed by atoms with Crippen LogP contribution in [0, 0.1) is 5.92 Å². The molecule has 4 heterocycles. The van der Waals surface area contributed by atoms with Crippen LogP contribution in [0.4, 0.5) is 30.5 Å². The number of aromatic nitrogens is 7. The van der Waals surface area contributed by atoms with E-state index >= 15 is 0 Å². The number of nitrogens with one attached hydrogen (secondary N) is 2. The highest BCUT2D eigenvalue weighted by atomic mass is 32.2. The van der Waals surface area contributed by atoms with Crippen molar-refractivity contribution in [3.63, 3.8) is 0 Å². The van der Waals surface area contributed by atoms with Gasteiger partial charge in [-0.25, -0.2) is 23.4 Å². The van der Waals surface area contributed by atoms with Gasteiger partial charge in [-0.05, 0) is 70.7 Å². The molecule has 0 amide bonds. The number of pyridine rings is 1. The molecule has 240 valence electrons. The zero-order valence-electron chi connectivity index (χ0n) is 24.9. The molecular weight excluding hydrogens is 609 g/mol. The molecule has 2 aliphatic rings. The predicted octanol–water partition coefficient (Wildman–Crippen LogP) is 4.78. The molecule has 2 fully saturated rings. The molecule has 12 nitrogen and oxygen atoms in total. The summed E-state index contributed by atoms with van der Waals surface area (Å²) in [6.45, 7) is -0.143. The Morgan fingerprint density at radius 2 is 1.80 bits per heavy atom. The fraction of sp³-hybridized carbons (Fsp3) is 0.483. The van der Waals surface area contributed by atoms with E-state index < -0.39 is 28.0 Å². The van der Waals surface area contributed by atoms with E-state index in [-0.39, 0.29) is 11.9 Å². The van der Waals surface area contributed by atoms with Crippen LogP contribution in [0.5, 0.6) is 0 Å². The number of anilines is 3. The summed E-state index contributed by atoms with van der Waals surface area (Å²) in [6, 6.07) is 5.19. The van der Waals surface area contributed by atoms with Crippen LogP contribution < -0.4 is 10.6 Å². The molecule has 2 N–H and O–H groups in total. The largest absolute Gasteiger partial charge is 0.408 e. The van der Waals surface area contributed by atoms with Gasteiger partial charge in [0.2, 0.25) is 0 Å². The maximum Gasteiger partial charge on any atom is 0.408 e. The molecule has 0 aromatic carbocycles. The smallest absolute Gasteiger partial charge is 0.382 e.